The van der Waals surface area contributed by atoms with Crippen LogP contribution in [0.1, 0.15) is 67.2 Å². The third kappa shape index (κ3) is 9.07. The minimum atomic E-state index is -1.72. The highest BCUT2D eigenvalue weighted by Gasteiger charge is 2.36. The molecular weight excluding hydrogens is 474 g/mol. The summed E-state index contributed by atoms with van der Waals surface area (Å²) in [5.74, 6) is 1.39. The number of methoxy groups -OCH3 is 1. The van der Waals surface area contributed by atoms with E-state index in [4.69, 9.17) is 24.4 Å². The molecule has 2 rings (SSSR count). The average molecular weight is 524 g/mol. The van der Waals surface area contributed by atoms with E-state index in [0.29, 0.717) is 18.0 Å². The van der Waals surface area contributed by atoms with Gasteiger partial charge in [0.05, 0.1) is 25.1 Å². The number of rotatable bonds is 10. The molecule has 0 saturated carbocycles. The van der Waals surface area contributed by atoms with Gasteiger partial charge < -0.3 is 34.6 Å². The maximum atomic E-state index is 12.1. The van der Waals surface area contributed by atoms with E-state index < -0.39 is 13.9 Å². The van der Waals surface area contributed by atoms with Crippen LogP contribution in [0, 0.1) is 0 Å². The Labute approximate surface area is 219 Å². The SMILES string of the molecule is COc1cc(N2CCC(NC(=O)OC(C)(C)C)CC2)c(OCCCCO[Si](C)(C)C(C)(C)C)cc1N. The van der Waals surface area contributed by atoms with Crippen LogP contribution in [-0.2, 0) is 9.16 Å². The number of ether oxygens (including phenoxy) is 3. The number of nitrogens with one attached hydrogen (secondary N) is 1. The van der Waals surface area contributed by atoms with E-state index in [1.807, 2.05) is 32.9 Å². The van der Waals surface area contributed by atoms with E-state index >= 15 is 0 Å². The van der Waals surface area contributed by atoms with Crippen molar-refractivity contribution in [2.75, 3.05) is 44.0 Å². The molecule has 0 radical (unpaired) electrons. The first kappa shape index (κ1) is 30.1. The standard InChI is InChI=1S/C27H49N3O5Si/c1-26(2,3)35-25(31)29-20-12-14-30(15-13-20)22-19-23(32-7)21(28)18-24(22)33-16-10-11-17-34-36(8,9)27(4,5)6/h18-20H,10-17,28H2,1-9H3,(H,29,31). The minimum Gasteiger partial charge on any atom is -0.495 e. The van der Waals surface area contributed by atoms with Crippen LogP contribution < -0.4 is 25.4 Å². The Morgan fingerprint density at radius 3 is 2.22 bits per heavy atom. The van der Waals surface area contributed by atoms with E-state index in [-0.39, 0.29) is 17.2 Å². The Hall–Kier alpha value is -2.13. The third-order valence-electron chi connectivity index (χ3n) is 6.93. The number of nitrogens with zero attached hydrogens (tertiary/aromatic N) is 1. The number of anilines is 2. The number of alkyl carbamates (subject to hydrolysis) is 1. The molecule has 9 heteroatoms. The van der Waals surface area contributed by atoms with Crippen LogP contribution in [0.25, 0.3) is 0 Å². The van der Waals surface area contributed by atoms with E-state index in [2.05, 4.69) is 44.1 Å². The van der Waals surface area contributed by atoms with Gasteiger partial charge in [0, 0.05) is 37.9 Å². The van der Waals surface area contributed by atoms with Crippen LogP contribution in [0.3, 0.4) is 0 Å². The fraction of sp³-hybridized carbons (Fsp3) is 0.741. The Bertz CT molecular complexity index is 856. The Morgan fingerprint density at radius 1 is 1.06 bits per heavy atom. The van der Waals surface area contributed by atoms with E-state index in [1.54, 1.807) is 7.11 Å². The number of hydrogen-bond donors (Lipinski definition) is 2. The molecule has 3 N–H and O–H groups in total. The van der Waals surface area contributed by atoms with Gasteiger partial charge >= 0.3 is 6.09 Å². The molecule has 8 nitrogen and oxygen atoms in total. The maximum Gasteiger partial charge on any atom is 0.407 e. The lowest BCUT2D eigenvalue weighted by Crippen LogP contribution is -2.46. The smallest absolute Gasteiger partial charge is 0.407 e. The monoisotopic (exact) mass is 523 g/mol. The lowest BCUT2D eigenvalue weighted by molar-refractivity contribution is 0.0497. The minimum absolute atomic E-state index is 0.0806. The quantitative estimate of drug-likeness (QED) is 0.222. The zero-order chi connectivity index (χ0) is 27.1. The molecule has 1 amide bonds. The molecule has 0 spiro atoms. The van der Waals surface area contributed by atoms with Gasteiger partial charge in [-0.1, -0.05) is 20.8 Å². The van der Waals surface area contributed by atoms with Gasteiger partial charge in [0.2, 0.25) is 0 Å². The summed E-state index contributed by atoms with van der Waals surface area (Å²) in [4.78, 5) is 14.4. The van der Waals surface area contributed by atoms with Crippen molar-refractivity contribution in [3.63, 3.8) is 0 Å². The predicted molar refractivity (Wildman–Crippen MR) is 150 cm³/mol. The number of carbonyl (C=O) groups excluding carboxylic acids is 1. The molecule has 206 valence electrons. The van der Waals surface area contributed by atoms with Gasteiger partial charge in [0.15, 0.2) is 8.32 Å². The first-order chi connectivity index (χ1) is 16.6. The predicted octanol–water partition coefficient (Wildman–Crippen LogP) is 5.95. The summed E-state index contributed by atoms with van der Waals surface area (Å²) in [6.07, 6.45) is 3.13. The molecule has 0 bridgehead atoms. The summed E-state index contributed by atoms with van der Waals surface area (Å²) in [6, 6.07) is 3.88. The number of unbranched alkanes of at least 4 members (excludes halogenated alkanes) is 1. The molecule has 1 saturated heterocycles. The summed E-state index contributed by atoms with van der Waals surface area (Å²) in [5, 5.41) is 3.21. The molecule has 1 aliphatic rings. The van der Waals surface area contributed by atoms with Crippen molar-refractivity contribution in [3.8, 4) is 11.5 Å². The number of benzene rings is 1. The van der Waals surface area contributed by atoms with Crippen molar-refractivity contribution in [2.45, 2.75) is 97.0 Å². The molecule has 0 unspecified atom stereocenters. The lowest BCUT2D eigenvalue weighted by Gasteiger charge is -2.36. The van der Waals surface area contributed by atoms with Crippen LogP contribution in [0.5, 0.6) is 11.5 Å². The van der Waals surface area contributed by atoms with Crippen molar-refractivity contribution >= 4 is 25.8 Å². The second kappa shape index (κ2) is 12.4. The number of carbonyl (C=O) groups is 1. The molecule has 0 aromatic heterocycles. The molecular formula is C27H49N3O5Si. The number of piperidine rings is 1. The lowest BCUT2D eigenvalue weighted by atomic mass is 10.0. The van der Waals surface area contributed by atoms with Gasteiger partial charge in [-0.15, -0.1) is 0 Å². The van der Waals surface area contributed by atoms with Crippen molar-refractivity contribution in [3.05, 3.63) is 12.1 Å². The van der Waals surface area contributed by atoms with Crippen molar-refractivity contribution in [2.24, 2.45) is 0 Å². The molecule has 1 aromatic rings. The maximum absolute atomic E-state index is 12.1. The number of amides is 1. The summed E-state index contributed by atoms with van der Waals surface area (Å²) in [5.41, 5.74) is 7.21. The topological polar surface area (TPSA) is 95.3 Å². The normalized spacial score (nSPS) is 15.5. The first-order valence-electron chi connectivity index (χ1n) is 13.1. The van der Waals surface area contributed by atoms with Crippen molar-refractivity contribution in [1.82, 2.24) is 5.32 Å². The highest BCUT2D eigenvalue weighted by atomic mass is 28.4. The summed E-state index contributed by atoms with van der Waals surface area (Å²) >= 11 is 0. The van der Waals surface area contributed by atoms with Gasteiger partial charge in [-0.2, -0.15) is 0 Å². The number of nitrogen functional groups attached to an aromatic ring is 1. The zero-order valence-corrected chi connectivity index (χ0v) is 25.0. The summed E-state index contributed by atoms with van der Waals surface area (Å²) in [7, 11) is -0.0982. The summed E-state index contributed by atoms with van der Waals surface area (Å²) in [6.45, 7) is 19.9. The fourth-order valence-electron chi connectivity index (χ4n) is 3.77. The molecule has 0 atom stereocenters. The molecule has 0 aliphatic carbocycles. The van der Waals surface area contributed by atoms with Gasteiger partial charge in [0.25, 0.3) is 0 Å². The Balaban J connectivity index is 1.93. The van der Waals surface area contributed by atoms with Crippen molar-refractivity contribution in [1.29, 1.82) is 0 Å². The zero-order valence-electron chi connectivity index (χ0n) is 24.0. The van der Waals surface area contributed by atoms with Gasteiger partial charge in [0.1, 0.15) is 17.1 Å². The second-order valence-electron chi connectivity index (χ2n) is 12.1. The van der Waals surface area contributed by atoms with Crippen LogP contribution in [0.15, 0.2) is 12.1 Å². The van der Waals surface area contributed by atoms with E-state index in [9.17, 15) is 4.79 Å². The van der Waals surface area contributed by atoms with Crippen LogP contribution in [0.4, 0.5) is 16.2 Å². The molecule has 1 aliphatic heterocycles. The first-order valence-corrected chi connectivity index (χ1v) is 16.0. The van der Waals surface area contributed by atoms with E-state index in [1.165, 1.54) is 0 Å². The fourth-order valence-corrected chi connectivity index (χ4v) is 4.86. The van der Waals surface area contributed by atoms with Crippen molar-refractivity contribution < 1.29 is 23.4 Å². The Morgan fingerprint density at radius 2 is 1.67 bits per heavy atom. The second-order valence-corrected chi connectivity index (χ2v) is 16.9. The number of nitrogens with two attached hydrogens (primary N) is 1. The van der Waals surface area contributed by atoms with Gasteiger partial charge in [-0.25, -0.2) is 4.79 Å². The molecule has 1 heterocycles. The average Bonchev–Trinajstić information content (AvgIpc) is 2.74. The summed E-state index contributed by atoms with van der Waals surface area (Å²) < 4.78 is 23.4. The van der Waals surface area contributed by atoms with E-state index in [0.717, 1.165) is 56.8 Å². The molecule has 36 heavy (non-hydrogen) atoms. The van der Waals surface area contributed by atoms with Crippen LogP contribution >= 0.6 is 0 Å². The van der Waals surface area contributed by atoms with Gasteiger partial charge in [-0.05, 0) is 64.6 Å². The number of hydrogen-bond acceptors (Lipinski definition) is 7. The van der Waals surface area contributed by atoms with Gasteiger partial charge in [-0.3, -0.25) is 0 Å². The largest absolute Gasteiger partial charge is 0.495 e. The Kier molecular flexibility index (Phi) is 10.4. The van der Waals surface area contributed by atoms with Crippen LogP contribution in [0.2, 0.25) is 18.1 Å². The van der Waals surface area contributed by atoms with Crippen LogP contribution in [-0.4, -0.2) is 59.5 Å². The molecule has 1 aromatic carbocycles. The highest BCUT2D eigenvalue weighted by Crippen LogP contribution is 2.39. The highest BCUT2D eigenvalue weighted by molar-refractivity contribution is 6.74. The third-order valence-corrected chi connectivity index (χ3v) is 11.5. The molecule has 1 fully saturated rings.